The predicted octanol–water partition coefficient (Wildman–Crippen LogP) is 4.44. The number of aryl methyl sites for hydroxylation is 1. The Morgan fingerprint density at radius 1 is 1.18 bits per heavy atom. The summed E-state index contributed by atoms with van der Waals surface area (Å²) in [6, 6.07) is 15.9. The Morgan fingerprint density at radius 3 is 2.57 bits per heavy atom. The fourth-order valence-electron chi connectivity index (χ4n) is 3.56. The van der Waals surface area contributed by atoms with Crippen molar-refractivity contribution in [2.24, 2.45) is 5.92 Å². The largest absolute Gasteiger partial charge is 0.491 e. The molecule has 0 aliphatic carbocycles. The number of amides is 1. The molecule has 1 atom stereocenters. The lowest BCUT2D eigenvalue weighted by molar-refractivity contribution is -0.127. The SMILES string of the molecule is Cc1ccccc1OC[C@H](C)NC(=O)C1CCN(Cc2ccccc2Cl)CC1. The Balaban J connectivity index is 1.41. The summed E-state index contributed by atoms with van der Waals surface area (Å²) in [5, 5.41) is 3.92. The van der Waals surface area contributed by atoms with Crippen LogP contribution in [-0.4, -0.2) is 36.5 Å². The molecular weight excluding hydrogens is 372 g/mol. The van der Waals surface area contributed by atoms with Gasteiger partial charge in [-0.3, -0.25) is 9.69 Å². The first kappa shape index (κ1) is 20.7. The van der Waals surface area contributed by atoms with Crippen LogP contribution in [0.15, 0.2) is 48.5 Å². The van der Waals surface area contributed by atoms with Crippen molar-refractivity contribution in [3.8, 4) is 5.75 Å². The van der Waals surface area contributed by atoms with Crippen molar-refractivity contribution in [3.63, 3.8) is 0 Å². The smallest absolute Gasteiger partial charge is 0.223 e. The van der Waals surface area contributed by atoms with E-state index in [0.29, 0.717) is 6.61 Å². The predicted molar refractivity (Wildman–Crippen MR) is 114 cm³/mol. The summed E-state index contributed by atoms with van der Waals surface area (Å²) in [6.45, 7) is 7.16. The van der Waals surface area contributed by atoms with E-state index in [4.69, 9.17) is 16.3 Å². The van der Waals surface area contributed by atoms with Crippen LogP contribution >= 0.6 is 11.6 Å². The molecule has 1 heterocycles. The van der Waals surface area contributed by atoms with Crippen LogP contribution < -0.4 is 10.1 Å². The van der Waals surface area contributed by atoms with E-state index >= 15 is 0 Å². The first-order valence-corrected chi connectivity index (χ1v) is 10.4. The van der Waals surface area contributed by atoms with Crippen LogP contribution in [0, 0.1) is 12.8 Å². The minimum absolute atomic E-state index is 0.0201. The molecule has 0 aromatic heterocycles. The summed E-state index contributed by atoms with van der Waals surface area (Å²) in [6.07, 6.45) is 1.75. The highest BCUT2D eigenvalue weighted by Gasteiger charge is 2.26. The lowest BCUT2D eigenvalue weighted by Gasteiger charge is -2.32. The van der Waals surface area contributed by atoms with Crippen LogP contribution in [0.3, 0.4) is 0 Å². The average molecular weight is 401 g/mol. The molecule has 1 aliphatic rings. The molecule has 3 rings (SSSR count). The number of rotatable bonds is 7. The normalized spacial score (nSPS) is 16.5. The Hall–Kier alpha value is -2.04. The van der Waals surface area contributed by atoms with Gasteiger partial charge >= 0.3 is 0 Å². The van der Waals surface area contributed by atoms with Crippen molar-refractivity contribution in [2.45, 2.75) is 39.3 Å². The minimum Gasteiger partial charge on any atom is -0.491 e. The van der Waals surface area contributed by atoms with Gasteiger partial charge in [-0.1, -0.05) is 48.0 Å². The number of carbonyl (C=O) groups excluding carboxylic acids is 1. The zero-order chi connectivity index (χ0) is 19.9. The van der Waals surface area contributed by atoms with Gasteiger partial charge < -0.3 is 10.1 Å². The molecule has 1 saturated heterocycles. The molecule has 0 saturated carbocycles. The monoisotopic (exact) mass is 400 g/mol. The van der Waals surface area contributed by atoms with Crippen molar-refractivity contribution < 1.29 is 9.53 Å². The lowest BCUT2D eigenvalue weighted by atomic mass is 9.95. The summed E-state index contributed by atoms with van der Waals surface area (Å²) in [5.74, 6) is 1.08. The molecule has 1 fully saturated rings. The number of para-hydroxylation sites is 1. The second-order valence-corrected chi connectivity index (χ2v) is 8.04. The van der Waals surface area contributed by atoms with Crippen molar-refractivity contribution in [3.05, 3.63) is 64.7 Å². The maximum Gasteiger partial charge on any atom is 0.223 e. The molecule has 1 aliphatic heterocycles. The van der Waals surface area contributed by atoms with Crippen molar-refractivity contribution >= 4 is 17.5 Å². The second-order valence-electron chi connectivity index (χ2n) is 7.63. The first-order valence-electron chi connectivity index (χ1n) is 9.97. The van der Waals surface area contributed by atoms with Gasteiger partial charge in [0.15, 0.2) is 0 Å². The highest BCUT2D eigenvalue weighted by molar-refractivity contribution is 6.31. The number of carbonyl (C=O) groups is 1. The molecule has 2 aromatic rings. The van der Waals surface area contributed by atoms with E-state index in [2.05, 4.69) is 16.3 Å². The lowest BCUT2D eigenvalue weighted by Crippen LogP contribution is -2.44. The van der Waals surface area contributed by atoms with Crippen molar-refractivity contribution in [2.75, 3.05) is 19.7 Å². The molecule has 0 spiro atoms. The van der Waals surface area contributed by atoms with E-state index in [9.17, 15) is 4.79 Å². The number of hydrogen-bond donors (Lipinski definition) is 1. The Labute approximate surface area is 172 Å². The van der Waals surface area contributed by atoms with E-state index in [1.165, 1.54) is 0 Å². The average Bonchev–Trinajstić information content (AvgIpc) is 2.69. The van der Waals surface area contributed by atoms with E-state index in [1.54, 1.807) is 0 Å². The number of nitrogens with one attached hydrogen (secondary N) is 1. The molecule has 0 radical (unpaired) electrons. The van der Waals surface area contributed by atoms with Crippen molar-refractivity contribution in [1.82, 2.24) is 10.2 Å². The highest BCUT2D eigenvalue weighted by Crippen LogP contribution is 2.22. The first-order chi connectivity index (χ1) is 13.5. The van der Waals surface area contributed by atoms with Gasteiger partial charge in [-0.15, -0.1) is 0 Å². The van der Waals surface area contributed by atoms with Gasteiger partial charge in [0.05, 0.1) is 6.04 Å². The number of piperidine rings is 1. The van der Waals surface area contributed by atoms with Crippen LogP contribution in [-0.2, 0) is 11.3 Å². The number of hydrogen-bond acceptors (Lipinski definition) is 3. The summed E-state index contributed by atoms with van der Waals surface area (Å²) < 4.78 is 5.85. The third kappa shape index (κ3) is 5.73. The number of likely N-dealkylation sites (tertiary alicyclic amines) is 1. The maximum atomic E-state index is 12.6. The third-order valence-corrected chi connectivity index (χ3v) is 5.65. The standard InChI is InChI=1S/C23H29ClN2O2/c1-17-7-3-6-10-22(17)28-16-18(2)25-23(27)19-11-13-26(14-12-19)15-20-8-4-5-9-21(20)24/h3-10,18-19H,11-16H2,1-2H3,(H,25,27)/t18-/m0/s1. The molecule has 28 heavy (non-hydrogen) atoms. The minimum atomic E-state index is -0.0201. The summed E-state index contributed by atoms with van der Waals surface area (Å²) >= 11 is 6.26. The van der Waals surface area contributed by atoms with Crippen LogP contribution in [0.2, 0.25) is 5.02 Å². The molecular formula is C23H29ClN2O2. The number of ether oxygens (including phenoxy) is 1. The quantitative estimate of drug-likeness (QED) is 0.746. The molecule has 5 heteroatoms. The van der Waals surface area contributed by atoms with Gasteiger partial charge in [-0.05, 0) is 63.0 Å². The van der Waals surface area contributed by atoms with E-state index in [-0.39, 0.29) is 17.9 Å². The van der Waals surface area contributed by atoms with E-state index in [0.717, 1.165) is 54.4 Å². The molecule has 4 nitrogen and oxygen atoms in total. The second kappa shape index (κ2) is 9.94. The van der Waals surface area contributed by atoms with Crippen LogP contribution in [0.4, 0.5) is 0 Å². The highest BCUT2D eigenvalue weighted by atomic mass is 35.5. The van der Waals surface area contributed by atoms with Crippen LogP contribution in [0.1, 0.15) is 30.9 Å². The number of halogens is 1. The van der Waals surface area contributed by atoms with Gasteiger partial charge in [0.2, 0.25) is 5.91 Å². The fourth-order valence-corrected chi connectivity index (χ4v) is 3.75. The summed E-state index contributed by atoms with van der Waals surface area (Å²) in [7, 11) is 0. The Morgan fingerprint density at radius 2 is 1.86 bits per heavy atom. The fraction of sp³-hybridized carbons (Fsp3) is 0.435. The molecule has 150 valence electrons. The molecule has 0 unspecified atom stereocenters. The maximum absolute atomic E-state index is 12.6. The molecule has 1 N–H and O–H groups in total. The van der Waals surface area contributed by atoms with Crippen LogP contribution in [0.5, 0.6) is 5.75 Å². The van der Waals surface area contributed by atoms with Crippen molar-refractivity contribution in [1.29, 1.82) is 0 Å². The van der Waals surface area contributed by atoms with Gasteiger partial charge in [0.25, 0.3) is 0 Å². The number of nitrogens with zero attached hydrogens (tertiary/aromatic N) is 1. The van der Waals surface area contributed by atoms with Gasteiger partial charge in [-0.25, -0.2) is 0 Å². The zero-order valence-electron chi connectivity index (χ0n) is 16.7. The summed E-state index contributed by atoms with van der Waals surface area (Å²) in [5.41, 5.74) is 2.25. The van der Waals surface area contributed by atoms with E-state index in [1.807, 2.05) is 56.3 Å². The molecule has 2 aromatic carbocycles. The van der Waals surface area contributed by atoms with Gasteiger partial charge in [0, 0.05) is 17.5 Å². The van der Waals surface area contributed by atoms with Gasteiger partial charge in [-0.2, -0.15) is 0 Å². The molecule has 0 bridgehead atoms. The Bertz CT molecular complexity index is 788. The van der Waals surface area contributed by atoms with Gasteiger partial charge in [0.1, 0.15) is 12.4 Å². The molecule has 1 amide bonds. The van der Waals surface area contributed by atoms with E-state index < -0.39 is 0 Å². The topological polar surface area (TPSA) is 41.6 Å². The Kier molecular flexibility index (Phi) is 7.35. The number of benzene rings is 2. The summed E-state index contributed by atoms with van der Waals surface area (Å²) in [4.78, 5) is 15.0. The third-order valence-electron chi connectivity index (χ3n) is 5.28. The van der Waals surface area contributed by atoms with Crippen LogP contribution in [0.25, 0.3) is 0 Å². The zero-order valence-corrected chi connectivity index (χ0v) is 17.4.